The Morgan fingerprint density at radius 1 is 1.16 bits per heavy atom. The van der Waals surface area contributed by atoms with Crippen molar-refractivity contribution in [2.45, 2.75) is 73.2 Å². The molecule has 8 nitrogen and oxygen atoms in total. The first-order valence-corrected chi connectivity index (χ1v) is 13.7. The van der Waals surface area contributed by atoms with Crippen molar-refractivity contribution in [2.75, 3.05) is 25.7 Å². The lowest BCUT2D eigenvalue weighted by atomic mass is 9.92. The van der Waals surface area contributed by atoms with Crippen LogP contribution in [0.25, 0.3) is 0 Å². The third-order valence-corrected chi connectivity index (χ3v) is 7.98. The summed E-state index contributed by atoms with van der Waals surface area (Å²) in [6.07, 6.45) is 0.348. The summed E-state index contributed by atoms with van der Waals surface area (Å²) in [7, 11) is 0. The molecule has 0 aromatic carbocycles. The highest BCUT2D eigenvalue weighted by atomic mass is 35.5. The number of carbonyl (C=O) groups is 1. The number of halogens is 2. The summed E-state index contributed by atoms with van der Waals surface area (Å²) < 4.78 is 22.1. The Balaban J connectivity index is 0.000000913. The standard InChI is InChI=1S/C19H31ClN2O6S.CH3FS/c1-7(20)11(17-14(24)13(23)15(25)19(28-17)29-2)22-18(26)12-16-9(5-21-12)3-8-4-10(8)6-27-16;1-3-2/h7-17,19,21,23-25H,3-6H2,1-2H3,(H,22,26);1H3/t7-,8-,9-,10-,11+,12-,13+,14?,15+,16+,17+,19?;/m0./s1. The molecule has 3 aliphatic heterocycles. The van der Waals surface area contributed by atoms with Gasteiger partial charge in [0.2, 0.25) is 5.91 Å². The molecule has 0 spiro atoms. The van der Waals surface area contributed by atoms with Crippen LogP contribution in [0.5, 0.6) is 0 Å². The fraction of sp³-hybridized carbons (Fsp3) is 0.950. The van der Waals surface area contributed by atoms with Gasteiger partial charge in [-0.3, -0.25) is 4.79 Å². The Kier molecular flexibility index (Phi) is 9.80. The maximum atomic E-state index is 13.1. The van der Waals surface area contributed by atoms with Crippen molar-refractivity contribution in [3.63, 3.8) is 0 Å². The van der Waals surface area contributed by atoms with E-state index in [2.05, 4.69) is 10.6 Å². The van der Waals surface area contributed by atoms with E-state index in [-0.39, 0.29) is 24.2 Å². The van der Waals surface area contributed by atoms with Gasteiger partial charge < -0.3 is 35.4 Å². The van der Waals surface area contributed by atoms with Gasteiger partial charge in [-0.15, -0.1) is 23.4 Å². The molecule has 0 radical (unpaired) electrons. The topological polar surface area (TPSA) is 120 Å². The Bertz CT molecular complexity index is 639. The smallest absolute Gasteiger partial charge is 0.240 e. The maximum Gasteiger partial charge on any atom is 0.240 e. The number of ether oxygens (including phenoxy) is 2. The summed E-state index contributed by atoms with van der Waals surface area (Å²) in [6.45, 7) is 3.15. The number of alkyl halides is 1. The summed E-state index contributed by atoms with van der Waals surface area (Å²) in [6, 6.07) is -1.22. The van der Waals surface area contributed by atoms with Gasteiger partial charge in [0.05, 0.1) is 24.1 Å². The highest BCUT2D eigenvalue weighted by Gasteiger charge is 2.51. The van der Waals surface area contributed by atoms with E-state index in [1.807, 2.05) is 0 Å². The Hall–Kier alpha value is 0.150. The molecular weight excluding hydrogens is 483 g/mol. The van der Waals surface area contributed by atoms with Crippen LogP contribution in [0.2, 0.25) is 0 Å². The Morgan fingerprint density at radius 3 is 2.44 bits per heavy atom. The largest absolute Gasteiger partial charge is 0.388 e. The van der Waals surface area contributed by atoms with Crippen LogP contribution in [0.1, 0.15) is 19.8 Å². The van der Waals surface area contributed by atoms with E-state index in [1.54, 1.807) is 13.2 Å². The second-order valence-corrected chi connectivity index (χ2v) is 10.9. The van der Waals surface area contributed by atoms with E-state index < -0.39 is 47.3 Å². The quantitative estimate of drug-likeness (QED) is 0.333. The van der Waals surface area contributed by atoms with Crippen LogP contribution in [-0.4, -0.2) is 100 Å². The zero-order valence-electron chi connectivity index (χ0n) is 18.4. The highest BCUT2D eigenvalue weighted by molar-refractivity contribution is 7.99. The van der Waals surface area contributed by atoms with Gasteiger partial charge in [0.15, 0.2) is 0 Å². The van der Waals surface area contributed by atoms with E-state index in [0.717, 1.165) is 18.9 Å². The molecular formula is C20H34ClFN2O6S2. The van der Waals surface area contributed by atoms with Gasteiger partial charge in [0, 0.05) is 24.9 Å². The fourth-order valence-electron chi connectivity index (χ4n) is 4.98. The summed E-state index contributed by atoms with van der Waals surface area (Å²) in [5, 5.41) is 36.4. The van der Waals surface area contributed by atoms with Crippen LogP contribution in [0, 0.1) is 17.8 Å². The molecule has 1 saturated carbocycles. The van der Waals surface area contributed by atoms with E-state index in [1.165, 1.54) is 24.4 Å². The number of hydrogen-bond acceptors (Lipinski definition) is 9. The Labute approximate surface area is 202 Å². The van der Waals surface area contributed by atoms with Crippen LogP contribution in [0.15, 0.2) is 0 Å². The molecule has 4 rings (SSSR count). The molecule has 32 heavy (non-hydrogen) atoms. The number of aliphatic hydroxyl groups excluding tert-OH is 3. The summed E-state index contributed by atoms with van der Waals surface area (Å²) in [5.74, 6) is 1.45. The predicted molar refractivity (Wildman–Crippen MR) is 123 cm³/mol. The number of nitrogens with one attached hydrogen (secondary N) is 2. The van der Waals surface area contributed by atoms with Gasteiger partial charge in [0.1, 0.15) is 35.9 Å². The lowest BCUT2D eigenvalue weighted by molar-refractivity contribution is -0.205. The number of thioether (sulfide) groups is 1. The summed E-state index contributed by atoms with van der Waals surface area (Å²) >= 11 is 7.82. The first-order chi connectivity index (χ1) is 15.2. The second-order valence-electron chi connectivity index (χ2n) is 8.98. The van der Waals surface area contributed by atoms with E-state index in [9.17, 15) is 24.0 Å². The number of carbonyl (C=O) groups excluding carboxylic acids is 1. The minimum atomic E-state index is -1.38. The molecule has 3 saturated heterocycles. The van der Waals surface area contributed by atoms with Crippen molar-refractivity contribution < 1.29 is 33.5 Å². The molecule has 5 N–H and O–H groups in total. The van der Waals surface area contributed by atoms with E-state index >= 15 is 0 Å². The van der Waals surface area contributed by atoms with Crippen molar-refractivity contribution in [3.05, 3.63) is 0 Å². The zero-order chi connectivity index (χ0) is 23.6. The molecule has 3 heterocycles. The van der Waals surface area contributed by atoms with Gasteiger partial charge in [-0.1, -0.05) is 0 Å². The molecule has 4 aliphatic rings. The van der Waals surface area contributed by atoms with Gasteiger partial charge in [-0.05, 0) is 43.8 Å². The lowest BCUT2D eigenvalue weighted by Gasteiger charge is -2.44. The van der Waals surface area contributed by atoms with Crippen molar-refractivity contribution in [1.82, 2.24) is 10.6 Å². The molecule has 1 amide bonds. The fourth-order valence-corrected chi connectivity index (χ4v) is 5.86. The Morgan fingerprint density at radius 2 is 1.81 bits per heavy atom. The number of amides is 1. The summed E-state index contributed by atoms with van der Waals surface area (Å²) in [5.41, 5.74) is -0.723. The molecule has 2 unspecified atom stereocenters. The van der Waals surface area contributed by atoms with Crippen LogP contribution in [0.3, 0.4) is 0 Å². The first kappa shape index (κ1) is 26.7. The first-order valence-electron chi connectivity index (χ1n) is 10.9. The molecule has 4 fully saturated rings. The van der Waals surface area contributed by atoms with Crippen molar-refractivity contribution in [2.24, 2.45) is 17.8 Å². The second kappa shape index (κ2) is 11.7. The maximum absolute atomic E-state index is 13.1. The van der Waals surface area contributed by atoms with Gasteiger partial charge in [0.25, 0.3) is 0 Å². The summed E-state index contributed by atoms with van der Waals surface area (Å²) in [4.78, 5) is 13.1. The number of fused-ring (bicyclic) bond motifs is 2. The van der Waals surface area contributed by atoms with Gasteiger partial charge in [-0.2, -0.15) is 3.89 Å². The molecule has 12 heteroatoms. The third-order valence-electron chi connectivity index (χ3n) is 6.85. The van der Waals surface area contributed by atoms with Crippen LogP contribution >= 0.6 is 35.5 Å². The van der Waals surface area contributed by atoms with Crippen LogP contribution in [-0.2, 0) is 14.3 Å². The molecule has 1 aliphatic carbocycles. The average molecular weight is 517 g/mol. The average Bonchev–Trinajstić information content (AvgIpc) is 3.41. The van der Waals surface area contributed by atoms with E-state index in [4.69, 9.17) is 21.1 Å². The van der Waals surface area contributed by atoms with Gasteiger partial charge in [-0.25, -0.2) is 0 Å². The van der Waals surface area contributed by atoms with Crippen LogP contribution < -0.4 is 10.6 Å². The van der Waals surface area contributed by atoms with Crippen molar-refractivity contribution in [1.29, 1.82) is 0 Å². The molecule has 0 bridgehead atoms. The molecule has 0 aromatic rings. The minimum Gasteiger partial charge on any atom is -0.388 e. The monoisotopic (exact) mass is 516 g/mol. The zero-order valence-corrected chi connectivity index (χ0v) is 20.8. The van der Waals surface area contributed by atoms with Crippen molar-refractivity contribution >= 4 is 41.4 Å². The number of rotatable bonds is 5. The number of hydrogen-bond donors (Lipinski definition) is 5. The SMILES string of the molecule is CSC1O[C@H]([C@H](NC(=O)[C@H]2NC[C@@H]3C[C@H]4C[C@H]4CO[C@H]32)[C@H](C)Cl)C(O)[C@@H](O)[C@H]1O.CSF. The van der Waals surface area contributed by atoms with Crippen molar-refractivity contribution in [3.8, 4) is 0 Å². The van der Waals surface area contributed by atoms with Crippen LogP contribution in [0.4, 0.5) is 3.89 Å². The third kappa shape index (κ3) is 5.85. The highest BCUT2D eigenvalue weighted by Crippen LogP contribution is 2.48. The normalized spacial score (nSPS) is 44.8. The van der Waals surface area contributed by atoms with Gasteiger partial charge >= 0.3 is 0 Å². The lowest BCUT2D eigenvalue weighted by Crippen LogP contribution is -2.65. The molecule has 0 aromatic heterocycles. The number of aliphatic hydroxyl groups is 3. The van der Waals surface area contributed by atoms with E-state index in [0.29, 0.717) is 18.4 Å². The molecule has 186 valence electrons. The minimum absolute atomic E-state index is 0.169. The molecule has 12 atom stereocenters. The predicted octanol–water partition coefficient (Wildman–Crippen LogP) is 0.516.